The van der Waals surface area contributed by atoms with Gasteiger partial charge in [0, 0.05) is 6.04 Å². The van der Waals surface area contributed by atoms with Gasteiger partial charge in [-0.3, -0.25) is 4.79 Å². The Kier molecular flexibility index (Phi) is 4.65. The molecule has 112 valence electrons. The van der Waals surface area contributed by atoms with Crippen LogP contribution in [0.15, 0.2) is 40.8 Å². The fraction of sp³-hybridized carbons (Fsp3) is 0.312. The molecule has 0 aliphatic carbocycles. The zero-order valence-electron chi connectivity index (χ0n) is 12.2. The molecule has 0 fully saturated rings. The van der Waals surface area contributed by atoms with Crippen molar-refractivity contribution in [2.24, 2.45) is 11.5 Å². The minimum absolute atomic E-state index is 0.253. The number of hydrogen-bond acceptors (Lipinski definition) is 4. The van der Waals surface area contributed by atoms with Gasteiger partial charge in [0.25, 0.3) is 5.91 Å². The van der Waals surface area contributed by atoms with E-state index in [1.165, 1.54) is 0 Å². The van der Waals surface area contributed by atoms with Gasteiger partial charge in [0.1, 0.15) is 17.3 Å². The van der Waals surface area contributed by atoms with Gasteiger partial charge in [-0.1, -0.05) is 19.1 Å². The molecular weight excluding hydrogens is 268 g/mol. The van der Waals surface area contributed by atoms with Gasteiger partial charge < -0.3 is 20.6 Å². The van der Waals surface area contributed by atoms with Crippen molar-refractivity contribution < 1.29 is 13.9 Å². The molecule has 5 nitrogen and oxygen atoms in total. The predicted molar refractivity (Wildman–Crippen MR) is 80.0 cm³/mol. The van der Waals surface area contributed by atoms with Crippen LogP contribution in [0.25, 0.3) is 0 Å². The van der Waals surface area contributed by atoms with E-state index in [-0.39, 0.29) is 6.04 Å². The third-order valence-electron chi connectivity index (χ3n) is 3.31. The molecule has 0 spiro atoms. The van der Waals surface area contributed by atoms with Crippen LogP contribution in [0.1, 0.15) is 41.3 Å². The van der Waals surface area contributed by atoms with Crippen molar-refractivity contribution in [1.29, 1.82) is 0 Å². The van der Waals surface area contributed by atoms with Gasteiger partial charge in [-0.2, -0.15) is 0 Å². The zero-order chi connectivity index (χ0) is 15.4. The molecule has 2 rings (SSSR count). The van der Waals surface area contributed by atoms with Crippen LogP contribution in [0.2, 0.25) is 0 Å². The standard InChI is InChI=1S/C16H20N2O3/c1-3-12(17)15(14-9-8-10(2)20-14)21-13-7-5-4-6-11(13)16(18)19/h4-9,12,15H,3,17H2,1-2H3,(H2,18,19). The number of benzene rings is 1. The number of carbonyl (C=O) groups excluding carboxylic acids is 1. The van der Waals surface area contributed by atoms with Crippen LogP contribution >= 0.6 is 0 Å². The second kappa shape index (κ2) is 6.45. The topological polar surface area (TPSA) is 91.5 Å². The number of amides is 1. The number of primary amides is 1. The molecule has 2 unspecified atom stereocenters. The Morgan fingerprint density at radius 3 is 2.57 bits per heavy atom. The number of rotatable bonds is 6. The van der Waals surface area contributed by atoms with E-state index in [2.05, 4.69) is 0 Å². The first kappa shape index (κ1) is 15.1. The van der Waals surface area contributed by atoms with E-state index < -0.39 is 12.0 Å². The van der Waals surface area contributed by atoms with Crippen LogP contribution < -0.4 is 16.2 Å². The number of furan rings is 1. The van der Waals surface area contributed by atoms with E-state index in [4.69, 9.17) is 20.6 Å². The fourth-order valence-corrected chi connectivity index (χ4v) is 2.09. The molecule has 0 saturated heterocycles. The third-order valence-corrected chi connectivity index (χ3v) is 3.31. The Morgan fingerprint density at radius 2 is 2.00 bits per heavy atom. The highest BCUT2D eigenvalue weighted by Crippen LogP contribution is 2.29. The Hall–Kier alpha value is -2.27. The van der Waals surface area contributed by atoms with Gasteiger partial charge in [-0.15, -0.1) is 0 Å². The first-order valence-corrected chi connectivity index (χ1v) is 6.90. The number of carbonyl (C=O) groups is 1. The highest BCUT2D eigenvalue weighted by Gasteiger charge is 2.25. The second-order valence-corrected chi connectivity index (χ2v) is 4.92. The first-order chi connectivity index (χ1) is 10.0. The maximum absolute atomic E-state index is 11.5. The summed E-state index contributed by atoms with van der Waals surface area (Å²) in [7, 11) is 0. The molecule has 0 radical (unpaired) electrons. The molecule has 4 N–H and O–H groups in total. The van der Waals surface area contributed by atoms with Gasteiger partial charge in [0.15, 0.2) is 6.10 Å². The van der Waals surface area contributed by atoms with E-state index in [0.717, 1.165) is 5.76 Å². The number of hydrogen-bond donors (Lipinski definition) is 2. The molecule has 0 aliphatic rings. The Morgan fingerprint density at radius 1 is 1.29 bits per heavy atom. The van der Waals surface area contributed by atoms with Gasteiger partial charge in [-0.25, -0.2) is 0 Å². The van der Waals surface area contributed by atoms with Crippen LogP contribution in [0, 0.1) is 6.92 Å². The lowest BCUT2D eigenvalue weighted by atomic mass is 10.1. The summed E-state index contributed by atoms with van der Waals surface area (Å²) in [5, 5.41) is 0. The molecule has 0 saturated carbocycles. The van der Waals surface area contributed by atoms with E-state index in [1.54, 1.807) is 24.3 Å². The molecular formula is C16H20N2O3. The fourth-order valence-electron chi connectivity index (χ4n) is 2.09. The van der Waals surface area contributed by atoms with Crippen molar-refractivity contribution in [1.82, 2.24) is 0 Å². The Labute approximate surface area is 123 Å². The Balaban J connectivity index is 2.34. The molecule has 1 heterocycles. The van der Waals surface area contributed by atoms with E-state index >= 15 is 0 Å². The number of nitrogens with two attached hydrogens (primary N) is 2. The normalized spacial score (nSPS) is 13.7. The Bertz CT molecular complexity index is 621. The van der Waals surface area contributed by atoms with Crippen LogP contribution in [-0.4, -0.2) is 11.9 Å². The van der Waals surface area contributed by atoms with Crippen molar-refractivity contribution in [2.75, 3.05) is 0 Å². The number of ether oxygens (including phenoxy) is 1. The summed E-state index contributed by atoms with van der Waals surface area (Å²) in [6.45, 7) is 3.83. The molecule has 0 bridgehead atoms. The van der Waals surface area contributed by atoms with Crippen molar-refractivity contribution in [2.45, 2.75) is 32.4 Å². The van der Waals surface area contributed by atoms with E-state index in [9.17, 15) is 4.79 Å². The van der Waals surface area contributed by atoms with Crippen LogP contribution in [0.3, 0.4) is 0 Å². The summed E-state index contributed by atoms with van der Waals surface area (Å²) in [5.41, 5.74) is 11.8. The maximum Gasteiger partial charge on any atom is 0.252 e. The van der Waals surface area contributed by atoms with Crippen molar-refractivity contribution in [3.63, 3.8) is 0 Å². The van der Waals surface area contributed by atoms with Gasteiger partial charge in [0.2, 0.25) is 0 Å². The smallest absolute Gasteiger partial charge is 0.252 e. The van der Waals surface area contributed by atoms with Crippen LogP contribution in [0.4, 0.5) is 0 Å². The zero-order valence-corrected chi connectivity index (χ0v) is 12.2. The maximum atomic E-state index is 11.5. The first-order valence-electron chi connectivity index (χ1n) is 6.90. The molecule has 0 aliphatic heterocycles. The lowest BCUT2D eigenvalue weighted by molar-refractivity contribution is 0.0984. The summed E-state index contributed by atoms with van der Waals surface area (Å²) >= 11 is 0. The van der Waals surface area contributed by atoms with Gasteiger partial charge in [-0.05, 0) is 37.6 Å². The monoisotopic (exact) mass is 288 g/mol. The summed E-state index contributed by atoms with van der Waals surface area (Å²) in [6.07, 6.45) is 0.243. The van der Waals surface area contributed by atoms with E-state index in [0.29, 0.717) is 23.5 Å². The summed E-state index contributed by atoms with van der Waals surface area (Å²) in [6, 6.07) is 10.3. The van der Waals surface area contributed by atoms with Crippen molar-refractivity contribution in [3.05, 3.63) is 53.5 Å². The van der Waals surface area contributed by atoms with E-state index in [1.807, 2.05) is 26.0 Å². The molecule has 2 aromatic rings. The number of aryl methyl sites for hydroxylation is 1. The van der Waals surface area contributed by atoms with Crippen LogP contribution in [-0.2, 0) is 0 Å². The van der Waals surface area contributed by atoms with Gasteiger partial charge >= 0.3 is 0 Å². The van der Waals surface area contributed by atoms with Crippen molar-refractivity contribution in [3.8, 4) is 5.75 Å². The largest absolute Gasteiger partial charge is 0.480 e. The average molecular weight is 288 g/mol. The molecule has 21 heavy (non-hydrogen) atoms. The van der Waals surface area contributed by atoms with Gasteiger partial charge in [0.05, 0.1) is 5.56 Å². The second-order valence-electron chi connectivity index (χ2n) is 4.92. The summed E-state index contributed by atoms with van der Waals surface area (Å²) in [5.74, 6) is 1.30. The summed E-state index contributed by atoms with van der Waals surface area (Å²) in [4.78, 5) is 11.5. The molecule has 1 aromatic carbocycles. The average Bonchev–Trinajstić information content (AvgIpc) is 2.90. The van der Waals surface area contributed by atoms with Crippen molar-refractivity contribution >= 4 is 5.91 Å². The quantitative estimate of drug-likeness (QED) is 0.854. The molecule has 2 atom stereocenters. The summed E-state index contributed by atoms with van der Waals surface area (Å²) < 4.78 is 11.6. The van der Waals surface area contributed by atoms with Crippen LogP contribution in [0.5, 0.6) is 5.75 Å². The predicted octanol–water partition coefficient (Wildman–Crippen LogP) is 2.54. The molecule has 1 aromatic heterocycles. The number of para-hydroxylation sites is 1. The lowest BCUT2D eigenvalue weighted by Gasteiger charge is -2.23. The minimum Gasteiger partial charge on any atom is -0.480 e. The minimum atomic E-state index is -0.537. The lowest BCUT2D eigenvalue weighted by Crippen LogP contribution is -2.31. The highest BCUT2D eigenvalue weighted by molar-refractivity contribution is 5.95. The SMILES string of the molecule is CCC(N)C(Oc1ccccc1C(N)=O)c1ccc(C)o1. The third kappa shape index (κ3) is 3.44. The highest BCUT2D eigenvalue weighted by atomic mass is 16.5. The molecule has 5 heteroatoms. The molecule has 1 amide bonds.